The molecule has 0 saturated heterocycles. The maximum Gasteiger partial charge on any atom is 0.0719 e. The highest BCUT2D eigenvalue weighted by atomic mass is 16.3. The largest absolute Gasteiger partial charge is 0.389 e. The maximum absolute atomic E-state index is 9.21. The van der Waals surface area contributed by atoms with Gasteiger partial charge in [0.15, 0.2) is 0 Å². The molecule has 1 unspecified atom stereocenters. The third-order valence-electron chi connectivity index (χ3n) is 2.56. The fourth-order valence-electron chi connectivity index (χ4n) is 1.64. The minimum atomic E-state index is -0.254. The van der Waals surface area contributed by atoms with Crippen LogP contribution in [0.1, 0.15) is 39.5 Å². The van der Waals surface area contributed by atoms with Crippen molar-refractivity contribution in [3.8, 4) is 0 Å². The first-order valence-electron chi connectivity index (χ1n) is 4.56. The van der Waals surface area contributed by atoms with Crippen LogP contribution in [0, 0.1) is 5.92 Å². The highest BCUT2D eigenvalue weighted by Gasteiger charge is 2.12. The van der Waals surface area contributed by atoms with Crippen molar-refractivity contribution in [3.63, 3.8) is 0 Å². The van der Waals surface area contributed by atoms with Crippen molar-refractivity contribution < 1.29 is 5.11 Å². The molecule has 1 N–H and O–H groups in total. The monoisotopic (exact) mass is 154 g/mol. The van der Waals surface area contributed by atoms with Crippen LogP contribution >= 0.6 is 0 Å². The van der Waals surface area contributed by atoms with Crippen molar-refractivity contribution >= 4 is 0 Å². The van der Waals surface area contributed by atoms with Gasteiger partial charge in [-0.05, 0) is 38.2 Å². The second kappa shape index (κ2) is 3.91. The van der Waals surface area contributed by atoms with E-state index in [-0.39, 0.29) is 6.10 Å². The van der Waals surface area contributed by atoms with Crippen LogP contribution in [0.15, 0.2) is 11.6 Å². The van der Waals surface area contributed by atoms with E-state index in [2.05, 4.69) is 6.08 Å². The summed E-state index contributed by atoms with van der Waals surface area (Å²) in [5.41, 5.74) is 1.14. The molecule has 11 heavy (non-hydrogen) atoms. The predicted molar refractivity (Wildman–Crippen MR) is 47.4 cm³/mol. The smallest absolute Gasteiger partial charge is 0.0719 e. The van der Waals surface area contributed by atoms with E-state index < -0.39 is 0 Å². The summed E-state index contributed by atoms with van der Waals surface area (Å²) in [5, 5.41) is 9.21. The van der Waals surface area contributed by atoms with Crippen molar-refractivity contribution in [2.24, 2.45) is 5.92 Å². The highest BCUT2D eigenvalue weighted by Crippen LogP contribution is 2.27. The van der Waals surface area contributed by atoms with Crippen LogP contribution in [-0.4, -0.2) is 11.2 Å². The Morgan fingerprint density at radius 1 is 1.45 bits per heavy atom. The molecule has 1 atom stereocenters. The van der Waals surface area contributed by atoms with Gasteiger partial charge in [0.05, 0.1) is 6.10 Å². The van der Waals surface area contributed by atoms with Crippen molar-refractivity contribution in [3.05, 3.63) is 11.6 Å². The lowest BCUT2D eigenvalue weighted by molar-refractivity contribution is 0.230. The molecule has 1 fully saturated rings. The van der Waals surface area contributed by atoms with Crippen LogP contribution in [0.25, 0.3) is 0 Å². The fraction of sp³-hybridized carbons (Fsp3) is 0.800. The summed E-state index contributed by atoms with van der Waals surface area (Å²) in [4.78, 5) is 0. The first kappa shape index (κ1) is 8.79. The van der Waals surface area contributed by atoms with Crippen molar-refractivity contribution in [2.45, 2.75) is 45.6 Å². The molecule has 0 amide bonds. The zero-order valence-electron chi connectivity index (χ0n) is 7.51. The minimum absolute atomic E-state index is 0.254. The van der Waals surface area contributed by atoms with E-state index in [0.717, 1.165) is 11.5 Å². The summed E-state index contributed by atoms with van der Waals surface area (Å²) in [6.07, 6.45) is 7.38. The van der Waals surface area contributed by atoms with Crippen LogP contribution in [0.5, 0.6) is 0 Å². The molecule has 0 aromatic rings. The molecule has 1 nitrogen and oxygen atoms in total. The lowest BCUT2D eigenvalue weighted by atomic mass is 10.0. The van der Waals surface area contributed by atoms with E-state index in [1.807, 2.05) is 13.8 Å². The lowest BCUT2D eigenvalue weighted by Gasteiger charge is -2.07. The second-order valence-electron chi connectivity index (χ2n) is 3.63. The lowest BCUT2D eigenvalue weighted by Crippen LogP contribution is -2.02. The molecule has 0 heterocycles. The van der Waals surface area contributed by atoms with Crippen LogP contribution in [0.4, 0.5) is 0 Å². The summed E-state index contributed by atoms with van der Waals surface area (Å²) in [5.74, 6) is 0.754. The van der Waals surface area contributed by atoms with Gasteiger partial charge in [0.2, 0.25) is 0 Å². The van der Waals surface area contributed by atoms with Crippen LogP contribution in [0.2, 0.25) is 0 Å². The van der Waals surface area contributed by atoms with Crippen molar-refractivity contribution in [1.82, 2.24) is 0 Å². The van der Waals surface area contributed by atoms with Gasteiger partial charge >= 0.3 is 0 Å². The van der Waals surface area contributed by atoms with E-state index >= 15 is 0 Å². The molecule has 0 spiro atoms. The molecular weight excluding hydrogens is 136 g/mol. The summed E-state index contributed by atoms with van der Waals surface area (Å²) in [6, 6.07) is 0. The Morgan fingerprint density at radius 3 is 2.45 bits per heavy atom. The number of hydrogen-bond donors (Lipinski definition) is 1. The molecule has 0 aromatic heterocycles. The molecule has 0 aromatic carbocycles. The summed E-state index contributed by atoms with van der Waals surface area (Å²) < 4.78 is 0. The average Bonchev–Trinajstić information content (AvgIpc) is 2.39. The molecule has 1 heteroatoms. The van der Waals surface area contributed by atoms with Gasteiger partial charge in [-0.25, -0.2) is 0 Å². The summed E-state index contributed by atoms with van der Waals surface area (Å²) in [6.45, 7) is 3.85. The molecular formula is C10H18O. The Bertz CT molecular complexity index is 141. The molecule has 1 saturated carbocycles. The molecule has 1 aliphatic rings. The SMILES string of the molecule is CC(=CC1CCCC1)C(C)O. The highest BCUT2D eigenvalue weighted by molar-refractivity contribution is 5.06. The van der Waals surface area contributed by atoms with Gasteiger partial charge in [-0.1, -0.05) is 18.9 Å². The number of hydrogen-bond acceptors (Lipinski definition) is 1. The summed E-state index contributed by atoms with van der Waals surface area (Å²) >= 11 is 0. The fourth-order valence-corrected chi connectivity index (χ4v) is 1.64. The molecule has 1 rings (SSSR count). The van der Waals surface area contributed by atoms with Crippen LogP contribution in [-0.2, 0) is 0 Å². The Morgan fingerprint density at radius 2 is 2.00 bits per heavy atom. The maximum atomic E-state index is 9.21. The first-order valence-corrected chi connectivity index (χ1v) is 4.56. The molecule has 0 bridgehead atoms. The van der Waals surface area contributed by atoms with E-state index in [9.17, 15) is 5.11 Å². The molecule has 1 aliphatic carbocycles. The molecule has 0 radical (unpaired) electrons. The standard InChI is InChI=1S/C10H18O/c1-8(9(2)11)7-10-5-3-4-6-10/h7,9-11H,3-6H2,1-2H3. The number of allylic oxidation sites excluding steroid dienone is 1. The van der Waals surface area contributed by atoms with Gasteiger partial charge in [-0.15, -0.1) is 0 Å². The second-order valence-corrected chi connectivity index (χ2v) is 3.63. The van der Waals surface area contributed by atoms with E-state index in [1.54, 1.807) is 0 Å². The van der Waals surface area contributed by atoms with Crippen LogP contribution in [0.3, 0.4) is 0 Å². The third-order valence-corrected chi connectivity index (χ3v) is 2.56. The molecule has 64 valence electrons. The number of rotatable bonds is 2. The van der Waals surface area contributed by atoms with E-state index in [4.69, 9.17) is 0 Å². The van der Waals surface area contributed by atoms with Gasteiger partial charge in [0.1, 0.15) is 0 Å². The van der Waals surface area contributed by atoms with Gasteiger partial charge < -0.3 is 5.11 Å². The Labute approximate surface area is 69.1 Å². The zero-order chi connectivity index (χ0) is 8.27. The average molecular weight is 154 g/mol. The number of aliphatic hydroxyl groups excluding tert-OH is 1. The van der Waals surface area contributed by atoms with Gasteiger partial charge in [0.25, 0.3) is 0 Å². The van der Waals surface area contributed by atoms with Crippen molar-refractivity contribution in [1.29, 1.82) is 0 Å². The quantitative estimate of drug-likeness (QED) is 0.606. The van der Waals surface area contributed by atoms with Gasteiger partial charge in [-0.2, -0.15) is 0 Å². The zero-order valence-corrected chi connectivity index (χ0v) is 7.51. The van der Waals surface area contributed by atoms with Crippen molar-refractivity contribution in [2.75, 3.05) is 0 Å². The minimum Gasteiger partial charge on any atom is -0.389 e. The van der Waals surface area contributed by atoms with Gasteiger partial charge in [-0.3, -0.25) is 0 Å². The number of aliphatic hydroxyl groups is 1. The first-order chi connectivity index (χ1) is 5.20. The molecule has 0 aliphatic heterocycles. The Hall–Kier alpha value is -0.300. The Kier molecular flexibility index (Phi) is 3.13. The normalized spacial score (nSPS) is 24.1. The van der Waals surface area contributed by atoms with Crippen LogP contribution < -0.4 is 0 Å². The van der Waals surface area contributed by atoms with E-state index in [0.29, 0.717) is 0 Å². The topological polar surface area (TPSA) is 20.2 Å². The van der Waals surface area contributed by atoms with Gasteiger partial charge in [0, 0.05) is 0 Å². The van der Waals surface area contributed by atoms with E-state index in [1.165, 1.54) is 25.7 Å². The predicted octanol–water partition coefficient (Wildman–Crippen LogP) is 2.50. The Balaban J connectivity index is 2.42. The summed E-state index contributed by atoms with van der Waals surface area (Å²) in [7, 11) is 0. The third kappa shape index (κ3) is 2.66.